The molecule has 0 spiro atoms. The highest BCUT2D eigenvalue weighted by Gasteiger charge is 2.29. The number of carbonyl (C=O) groups excluding carboxylic acids is 1. The van der Waals surface area contributed by atoms with Crippen LogP contribution in [0.1, 0.15) is 12.8 Å². The minimum absolute atomic E-state index is 0. The Kier molecular flexibility index (Phi) is 10.1. The monoisotopic (exact) mass is 506 g/mol. The summed E-state index contributed by atoms with van der Waals surface area (Å²) in [5, 5.41) is 6.10. The summed E-state index contributed by atoms with van der Waals surface area (Å²) in [6.45, 7) is 3.14. The van der Waals surface area contributed by atoms with Crippen LogP contribution in [0, 0.1) is 0 Å². The minimum atomic E-state index is -4.18. The van der Waals surface area contributed by atoms with Gasteiger partial charge >= 0.3 is 6.18 Å². The Labute approximate surface area is 175 Å². The number of hydrogen-bond acceptors (Lipinski definition) is 4. The SMILES string of the molecule is CN=C(NCCN(C)CC(F)(F)F)N1CCN(CC(=O)NC2CC2)CC1.I. The number of hydrogen-bond donors (Lipinski definition) is 2. The molecule has 0 bridgehead atoms. The average molecular weight is 506 g/mol. The average Bonchev–Trinajstić information content (AvgIpc) is 3.34. The smallest absolute Gasteiger partial charge is 0.355 e. The van der Waals surface area contributed by atoms with Crippen molar-refractivity contribution in [2.75, 3.05) is 66.5 Å². The first-order chi connectivity index (χ1) is 12.3. The van der Waals surface area contributed by atoms with E-state index in [9.17, 15) is 18.0 Å². The van der Waals surface area contributed by atoms with Crippen LogP contribution in [0.5, 0.6) is 0 Å². The standard InChI is InChI=1S/C16H29F3N6O.HI/c1-20-15(21-5-6-23(2)12-16(17,18)19)25-9-7-24(8-10-25)11-14(26)22-13-3-4-13;/h13H,3-12H2,1-2H3,(H,20,21)(H,22,26);1H. The molecule has 158 valence electrons. The zero-order chi connectivity index (χ0) is 19.2. The number of nitrogens with one attached hydrogen (secondary N) is 2. The summed E-state index contributed by atoms with van der Waals surface area (Å²) in [5.74, 6) is 0.767. The van der Waals surface area contributed by atoms with Crippen LogP contribution in [0.2, 0.25) is 0 Å². The van der Waals surface area contributed by atoms with Gasteiger partial charge in [-0.1, -0.05) is 0 Å². The van der Waals surface area contributed by atoms with E-state index < -0.39 is 12.7 Å². The lowest BCUT2D eigenvalue weighted by atomic mass is 10.3. The molecule has 1 aliphatic carbocycles. The number of guanidine groups is 1. The first kappa shape index (κ1) is 24.2. The van der Waals surface area contributed by atoms with E-state index in [0.29, 0.717) is 25.1 Å². The number of halogens is 4. The lowest BCUT2D eigenvalue weighted by Gasteiger charge is -2.36. The summed E-state index contributed by atoms with van der Waals surface area (Å²) in [6.07, 6.45) is -2.02. The quantitative estimate of drug-likeness (QED) is 0.301. The van der Waals surface area contributed by atoms with Crippen LogP contribution >= 0.6 is 24.0 Å². The molecule has 1 saturated carbocycles. The summed E-state index contributed by atoms with van der Waals surface area (Å²) >= 11 is 0. The molecule has 0 aromatic heterocycles. The van der Waals surface area contributed by atoms with Crippen molar-refractivity contribution in [2.24, 2.45) is 4.99 Å². The fourth-order valence-corrected chi connectivity index (χ4v) is 2.90. The number of nitrogens with zero attached hydrogens (tertiary/aromatic N) is 4. The van der Waals surface area contributed by atoms with Gasteiger partial charge in [0.25, 0.3) is 0 Å². The zero-order valence-corrected chi connectivity index (χ0v) is 18.2. The van der Waals surface area contributed by atoms with E-state index in [-0.39, 0.29) is 36.4 Å². The molecule has 2 N–H and O–H groups in total. The van der Waals surface area contributed by atoms with Gasteiger partial charge in [0.15, 0.2) is 5.96 Å². The van der Waals surface area contributed by atoms with E-state index in [2.05, 4.69) is 25.4 Å². The topological polar surface area (TPSA) is 63.2 Å². The Hall–Kier alpha value is -0.820. The summed E-state index contributed by atoms with van der Waals surface area (Å²) in [5.41, 5.74) is 0. The van der Waals surface area contributed by atoms with Crippen molar-refractivity contribution in [2.45, 2.75) is 25.1 Å². The number of alkyl halides is 3. The molecule has 1 heterocycles. The number of aliphatic imine (C=N–C) groups is 1. The molecule has 7 nitrogen and oxygen atoms in total. The molecule has 27 heavy (non-hydrogen) atoms. The van der Waals surface area contributed by atoms with Crippen LogP contribution < -0.4 is 10.6 Å². The summed E-state index contributed by atoms with van der Waals surface area (Å²) in [4.78, 5) is 21.5. The fraction of sp³-hybridized carbons (Fsp3) is 0.875. The highest BCUT2D eigenvalue weighted by Crippen LogP contribution is 2.18. The molecule has 0 unspecified atom stereocenters. The van der Waals surface area contributed by atoms with E-state index in [0.717, 1.165) is 39.0 Å². The Balaban J connectivity index is 0.00000364. The van der Waals surface area contributed by atoms with Gasteiger partial charge in [0.2, 0.25) is 5.91 Å². The summed E-state index contributed by atoms with van der Waals surface area (Å²) in [7, 11) is 3.11. The summed E-state index contributed by atoms with van der Waals surface area (Å²) < 4.78 is 37.0. The molecule has 2 fully saturated rings. The number of likely N-dealkylation sites (N-methyl/N-ethyl adjacent to an activating group) is 1. The van der Waals surface area contributed by atoms with Crippen molar-refractivity contribution in [3.63, 3.8) is 0 Å². The Morgan fingerprint density at radius 1 is 1.22 bits per heavy atom. The van der Waals surface area contributed by atoms with Crippen LogP contribution in [0.4, 0.5) is 13.2 Å². The maximum atomic E-state index is 12.3. The van der Waals surface area contributed by atoms with Crippen LogP contribution in [-0.2, 0) is 4.79 Å². The second kappa shape index (κ2) is 11.2. The van der Waals surface area contributed by atoms with Gasteiger partial charge in [-0.15, -0.1) is 24.0 Å². The third-order valence-electron chi connectivity index (χ3n) is 4.42. The van der Waals surface area contributed by atoms with Crippen molar-refractivity contribution in [3.8, 4) is 0 Å². The van der Waals surface area contributed by atoms with Gasteiger partial charge in [-0.2, -0.15) is 13.2 Å². The molecular formula is C16H30F3IN6O. The number of rotatable bonds is 7. The highest BCUT2D eigenvalue weighted by molar-refractivity contribution is 14.0. The zero-order valence-electron chi connectivity index (χ0n) is 15.9. The maximum absolute atomic E-state index is 12.3. The van der Waals surface area contributed by atoms with E-state index in [4.69, 9.17) is 0 Å². The van der Waals surface area contributed by atoms with E-state index in [1.807, 2.05) is 0 Å². The molecule has 11 heteroatoms. The largest absolute Gasteiger partial charge is 0.401 e. The Morgan fingerprint density at radius 2 is 1.85 bits per heavy atom. The van der Waals surface area contributed by atoms with E-state index in [1.165, 1.54) is 11.9 Å². The molecule has 1 amide bonds. The second-order valence-electron chi connectivity index (χ2n) is 6.93. The van der Waals surface area contributed by atoms with Crippen molar-refractivity contribution in [3.05, 3.63) is 0 Å². The fourth-order valence-electron chi connectivity index (χ4n) is 2.90. The van der Waals surface area contributed by atoms with Gasteiger partial charge in [0.05, 0.1) is 13.1 Å². The van der Waals surface area contributed by atoms with Gasteiger partial charge in [-0.25, -0.2) is 0 Å². The predicted octanol–water partition coefficient (Wildman–Crippen LogP) is 0.570. The van der Waals surface area contributed by atoms with Crippen molar-refractivity contribution in [1.29, 1.82) is 0 Å². The van der Waals surface area contributed by atoms with E-state index >= 15 is 0 Å². The van der Waals surface area contributed by atoms with Crippen LogP contribution in [0.3, 0.4) is 0 Å². The second-order valence-corrected chi connectivity index (χ2v) is 6.93. The molecule has 1 saturated heterocycles. The first-order valence-corrected chi connectivity index (χ1v) is 8.99. The van der Waals surface area contributed by atoms with Crippen LogP contribution in [-0.4, -0.2) is 105 Å². The van der Waals surface area contributed by atoms with Gasteiger partial charge in [-0.3, -0.25) is 19.6 Å². The number of piperazine rings is 1. The van der Waals surface area contributed by atoms with Crippen molar-refractivity contribution >= 4 is 35.8 Å². The van der Waals surface area contributed by atoms with Gasteiger partial charge < -0.3 is 15.5 Å². The lowest BCUT2D eigenvalue weighted by Crippen LogP contribution is -2.54. The normalized spacial score (nSPS) is 19.0. The molecular weight excluding hydrogens is 476 g/mol. The third kappa shape index (κ3) is 9.79. The molecule has 0 aromatic carbocycles. The summed E-state index contributed by atoms with van der Waals surface area (Å²) in [6, 6.07) is 0.377. The van der Waals surface area contributed by atoms with Crippen molar-refractivity contribution in [1.82, 2.24) is 25.3 Å². The first-order valence-electron chi connectivity index (χ1n) is 8.99. The van der Waals surface area contributed by atoms with Crippen molar-refractivity contribution < 1.29 is 18.0 Å². The maximum Gasteiger partial charge on any atom is 0.401 e. The van der Waals surface area contributed by atoms with Gasteiger partial charge in [-0.05, 0) is 19.9 Å². The number of amides is 1. The molecule has 2 rings (SSSR count). The van der Waals surface area contributed by atoms with E-state index in [1.54, 1.807) is 7.05 Å². The van der Waals surface area contributed by atoms with Crippen LogP contribution in [0.15, 0.2) is 4.99 Å². The highest BCUT2D eigenvalue weighted by atomic mass is 127. The molecule has 2 aliphatic rings. The molecule has 1 aliphatic heterocycles. The van der Waals surface area contributed by atoms with Gasteiger partial charge in [0, 0.05) is 52.4 Å². The van der Waals surface area contributed by atoms with Gasteiger partial charge in [0.1, 0.15) is 0 Å². The van der Waals surface area contributed by atoms with Crippen LogP contribution in [0.25, 0.3) is 0 Å². The third-order valence-corrected chi connectivity index (χ3v) is 4.42. The molecule has 0 radical (unpaired) electrons. The molecule has 0 atom stereocenters. The Morgan fingerprint density at radius 3 is 2.37 bits per heavy atom. The predicted molar refractivity (Wildman–Crippen MR) is 110 cm³/mol. The Bertz CT molecular complexity index is 493. The number of carbonyl (C=O) groups is 1. The molecule has 0 aromatic rings. The lowest BCUT2D eigenvalue weighted by molar-refractivity contribution is -0.142. The minimum Gasteiger partial charge on any atom is -0.355 e.